The molecule has 0 aliphatic heterocycles. The quantitative estimate of drug-likeness (QED) is 0.544. The first-order valence-corrected chi connectivity index (χ1v) is 10.0. The molecule has 0 aliphatic carbocycles. The van der Waals surface area contributed by atoms with Crippen LogP contribution < -0.4 is 15.4 Å². The van der Waals surface area contributed by atoms with Crippen LogP contribution in [0.1, 0.15) is 19.8 Å². The van der Waals surface area contributed by atoms with Gasteiger partial charge >= 0.3 is 0 Å². The molecular weight excluding hydrogens is 430 g/mol. The fraction of sp³-hybridized carbons (Fsp3) is 0.211. The molecule has 0 aliphatic rings. The van der Waals surface area contributed by atoms with Crippen molar-refractivity contribution in [1.82, 2.24) is 4.98 Å². The number of carbonyl (C=O) groups is 2. The number of nitrogens with zero attached hydrogens (tertiary/aromatic N) is 1. The zero-order valence-electron chi connectivity index (χ0n) is 14.6. The van der Waals surface area contributed by atoms with Gasteiger partial charge in [0.05, 0.1) is 10.2 Å². The Labute approximate surface area is 169 Å². The van der Waals surface area contributed by atoms with Crippen molar-refractivity contribution in [3.8, 4) is 5.75 Å². The predicted molar refractivity (Wildman–Crippen MR) is 111 cm³/mol. The molecule has 3 aromatic rings. The highest BCUT2D eigenvalue weighted by Crippen LogP contribution is 2.28. The summed E-state index contributed by atoms with van der Waals surface area (Å²) in [5, 5.41) is 6.16. The highest BCUT2D eigenvalue weighted by atomic mass is 79.9. The van der Waals surface area contributed by atoms with E-state index in [1.54, 1.807) is 18.2 Å². The average molecular weight is 448 g/mol. The Kier molecular flexibility index (Phi) is 6.41. The number of amides is 2. The second-order valence-corrected chi connectivity index (χ2v) is 7.74. The van der Waals surface area contributed by atoms with Crippen LogP contribution in [0.3, 0.4) is 0 Å². The number of halogens is 1. The number of nitrogens with one attached hydrogen (secondary N) is 2. The Bertz CT molecular complexity index is 956. The highest BCUT2D eigenvalue weighted by molar-refractivity contribution is 9.10. The van der Waals surface area contributed by atoms with Crippen molar-refractivity contribution < 1.29 is 14.3 Å². The predicted octanol–water partition coefficient (Wildman–Crippen LogP) is 4.81. The number of anilines is 2. The van der Waals surface area contributed by atoms with Gasteiger partial charge in [0.2, 0.25) is 5.91 Å². The molecular formula is C19H18BrN3O3S. The van der Waals surface area contributed by atoms with E-state index < -0.39 is 0 Å². The molecule has 0 bridgehead atoms. The molecule has 8 heteroatoms. The van der Waals surface area contributed by atoms with Gasteiger partial charge in [-0.2, -0.15) is 0 Å². The second-order valence-electron chi connectivity index (χ2n) is 5.79. The van der Waals surface area contributed by atoms with Crippen molar-refractivity contribution >= 4 is 60.1 Å². The Hall–Kier alpha value is -2.45. The van der Waals surface area contributed by atoms with Crippen molar-refractivity contribution in [2.75, 3.05) is 17.2 Å². The first-order chi connectivity index (χ1) is 13.0. The van der Waals surface area contributed by atoms with Gasteiger partial charge in [0.15, 0.2) is 11.7 Å². The van der Waals surface area contributed by atoms with E-state index in [0.29, 0.717) is 23.0 Å². The molecule has 2 N–H and O–H groups in total. The number of hydrogen-bond acceptors (Lipinski definition) is 5. The Balaban J connectivity index is 1.60. The molecule has 0 saturated carbocycles. The molecule has 0 spiro atoms. The maximum atomic E-state index is 12.1. The van der Waals surface area contributed by atoms with Gasteiger partial charge in [0, 0.05) is 16.6 Å². The zero-order valence-corrected chi connectivity index (χ0v) is 17.0. The molecule has 2 amide bonds. The number of benzene rings is 2. The number of carbonyl (C=O) groups excluding carboxylic acids is 2. The van der Waals surface area contributed by atoms with E-state index >= 15 is 0 Å². The highest BCUT2D eigenvalue weighted by Gasteiger charge is 2.09. The van der Waals surface area contributed by atoms with E-state index in [2.05, 4.69) is 31.5 Å². The summed E-state index contributed by atoms with van der Waals surface area (Å²) in [6.45, 7) is 1.87. The molecule has 0 fully saturated rings. The van der Waals surface area contributed by atoms with Crippen LogP contribution in [0.25, 0.3) is 10.2 Å². The fourth-order valence-electron chi connectivity index (χ4n) is 2.34. The van der Waals surface area contributed by atoms with E-state index in [1.165, 1.54) is 11.3 Å². The van der Waals surface area contributed by atoms with Crippen LogP contribution in [-0.4, -0.2) is 23.4 Å². The van der Waals surface area contributed by atoms with Crippen LogP contribution in [0, 0.1) is 0 Å². The minimum absolute atomic E-state index is 0.0461. The van der Waals surface area contributed by atoms with Gasteiger partial charge in [-0.25, -0.2) is 4.98 Å². The van der Waals surface area contributed by atoms with Crippen LogP contribution in [0.15, 0.2) is 46.9 Å². The minimum atomic E-state index is -0.252. The van der Waals surface area contributed by atoms with Gasteiger partial charge in [-0.05, 0) is 48.9 Å². The van der Waals surface area contributed by atoms with E-state index in [1.807, 2.05) is 31.2 Å². The Morgan fingerprint density at radius 1 is 1.11 bits per heavy atom. The lowest BCUT2D eigenvalue weighted by Gasteiger charge is -2.07. The maximum absolute atomic E-state index is 12.1. The first kappa shape index (κ1) is 19.3. The van der Waals surface area contributed by atoms with Crippen molar-refractivity contribution in [3.05, 3.63) is 46.9 Å². The molecule has 0 unspecified atom stereocenters. The molecule has 0 atom stereocenters. The lowest BCUT2D eigenvalue weighted by atomic mass is 10.3. The van der Waals surface area contributed by atoms with Crippen molar-refractivity contribution in [3.63, 3.8) is 0 Å². The number of rotatable bonds is 7. The molecule has 2 aromatic carbocycles. The number of hydrogen-bond donors (Lipinski definition) is 2. The van der Waals surface area contributed by atoms with Crippen LogP contribution in [0.5, 0.6) is 5.75 Å². The van der Waals surface area contributed by atoms with Crippen LogP contribution in [0.4, 0.5) is 10.8 Å². The molecule has 140 valence electrons. The van der Waals surface area contributed by atoms with Crippen LogP contribution in [-0.2, 0) is 9.59 Å². The summed E-state index contributed by atoms with van der Waals surface area (Å²) in [7, 11) is 0. The summed E-state index contributed by atoms with van der Waals surface area (Å²) >= 11 is 4.72. The normalized spacial score (nSPS) is 10.6. The molecule has 0 saturated heterocycles. The van der Waals surface area contributed by atoms with Gasteiger partial charge in [-0.15, -0.1) is 0 Å². The number of fused-ring (bicyclic) bond motifs is 1. The van der Waals surface area contributed by atoms with Crippen LogP contribution >= 0.6 is 27.3 Å². The summed E-state index contributed by atoms with van der Waals surface area (Å²) in [6, 6.07) is 12.7. The summed E-state index contributed by atoms with van der Waals surface area (Å²) in [5.41, 5.74) is 1.43. The van der Waals surface area contributed by atoms with Crippen LogP contribution in [0.2, 0.25) is 0 Å². The lowest BCUT2D eigenvalue weighted by Crippen LogP contribution is -2.20. The molecule has 0 radical (unpaired) electrons. The Morgan fingerprint density at radius 3 is 2.63 bits per heavy atom. The smallest absolute Gasteiger partial charge is 0.262 e. The van der Waals surface area contributed by atoms with Gasteiger partial charge < -0.3 is 15.4 Å². The third-order valence-corrected chi connectivity index (χ3v) is 5.04. The van der Waals surface area contributed by atoms with E-state index in [-0.39, 0.29) is 18.4 Å². The van der Waals surface area contributed by atoms with Gasteiger partial charge in [-0.3, -0.25) is 9.59 Å². The third-order valence-electron chi connectivity index (χ3n) is 3.58. The SMILES string of the molecule is CCCC(=O)Nc1nc2ccc(NC(=O)COc3ccc(Br)cc3)cc2s1. The summed E-state index contributed by atoms with van der Waals surface area (Å²) in [5.74, 6) is 0.326. The molecule has 3 rings (SSSR count). The summed E-state index contributed by atoms with van der Waals surface area (Å²) in [6.07, 6.45) is 1.25. The molecule has 6 nitrogen and oxygen atoms in total. The van der Waals surface area contributed by atoms with E-state index in [9.17, 15) is 9.59 Å². The second kappa shape index (κ2) is 8.96. The van der Waals surface area contributed by atoms with E-state index in [4.69, 9.17) is 4.74 Å². The first-order valence-electron chi connectivity index (χ1n) is 8.42. The summed E-state index contributed by atoms with van der Waals surface area (Å²) < 4.78 is 7.29. The number of aromatic nitrogens is 1. The zero-order chi connectivity index (χ0) is 19.2. The monoisotopic (exact) mass is 447 g/mol. The minimum Gasteiger partial charge on any atom is -0.484 e. The largest absolute Gasteiger partial charge is 0.484 e. The molecule has 1 aromatic heterocycles. The maximum Gasteiger partial charge on any atom is 0.262 e. The molecule has 1 heterocycles. The topological polar surface area (TPSA) is 80.3 Å². The van der Waals surface area contributed by atoms with E-state index in [0.717, 1.165) is 21.1 Å². The van der Waals surface area contributed by atoms with Crippen molar-refractivity contribution in [2.45, 2.75) is 19.8 Å². The van der Waals surface area contributed by atoms with Gasteiger partial charge in [0.1, 0.15) is 5.75 Å². The number of ether oxygens (including phenoxy) is 1. The number of thiazole rings is 1. The third kappa shape index (κ3) is 5.51. The lowest BCUT2D eigenvalue weighted by molar-refractivity contribution is -0.118. The Morgan fingerprint density at radius 2 is 1.89 bits per heavy atom. The van der Waals surface area contributed by atoms with Crippen molar-refractivity contribution in [2.24, 2.45) is 0 Å². The fourth-order valence-corrected chi connectivity index (χ4v) is 3.53. The standard InChI is InChI=1S/C19H18BrN3O3S/c1-2-3-17(24)23-19-22-15-9-6-13(10-16(15)27-19)21-18(25)11-26-14-7-4-12(20)5-8-14/h4-10H,2-3,11H2,1H3,(H,21,25)(H,22,23,24). The molecule has 27 heavy (non-hydrogen) atoms. The average Bonchev–Trinajstić information content (AvgIpc) is 3.02. The van der Waals surface area contributed by atoms with Gasteiger partial charge in [0.25, 0.3) is 5.91 Å². The summed E-state index contributed by atoms with van der Waals surface area (Å²) in [4.78, 5) is 28.2. The van der Waals surface area contributed by atoms with Gasteiger partial charge in [-0.1, -0.05) is 34.2 Å². The van der Waals surface area contributed by atoms with Crippen molar-refractivity contribution in [1.29, 1.82) is 0 Å².